The Labute approximate surface area is 243 Å². The molecule has 3 aliphatic rings. The standard InChI is InChI=1S/C27H30ClF3N8O3/c1-13(17-8-20(28)35-36-24(17)40)38-12-18(23(29)37-38)33-26(42)22(21(15-2-3-15)16-4-5-16)34-25(41)19-6-7-32-39(19)11-14-9-27(30,31)10-14/h6-8,12-16,21-22H,2-5,9-11H2,1H3,(H,33,42)(H,34,41)(H,36,40). The van der Waals surface area contributed by atoms with Gasteiger partial charge in [-0.3, -0.25) is 23.7 Å². The number of anilines is 1. The number of hydrogen-bond acceptors (Lipinski definition) is 6. The fraction of sp³-hybridized carbons (Fsp3) is 0.556. The van der Waals surface area contributed by atoms with Crippen molar-refractivity contribution in [2.75, 3.05) is 5.32 Å². The van der Waals surface area contributed by atoms with Gasteiger partial charge in [0.1, 0.15) is 22.6 Å². The van der Waals surface area contributed by atoms with Gasteiger partial charge in [-0.15, -0.1) is 5.10 Å². The van der Waals surface area contributed by atoms with E-state index < -0.39 is 41.3 Å². The van der Waals surface area contributed by atoms with E-state index in [1.54, 1.807) is 6.92 Å². The van der Waals surface area contributed by atoms with Crippen LogP contribution < -0.4 is 16.2 Å². The third-order valence-corrected chi connectivity index (χ3v) is 8.63. The second-order valence-electron chi connectivity index (χ2n) is 11.7. The first-order valence-corrected chi connectivity index (χ1v) is 14.4. The van der Waals surface area contributed by atoms with E-state index in [1.165, 1.54) is 33.9 Å². The molecular weight excluding hydrogens is 577 g/mol. The minimum Gasteiger partial charge on any atom is -0.339 e. The molecule has 3 aromatic rings. The van der Waals surface area contributed by atoms with Gasteiger partial charge in [-0.1, -0.05) is 11.6 Å². The number of aromatic nitrogens is 6. The minimum absolute atomic E-state index is 0.0503. The Morgan fingerprint density at radius 2 is 1.90 bits per heavy atom. The Morgan fingerprint density at radius 1 is 1.21 bits per heavy atom. The lowest BCUT2D eigenvalue weighted by atomic mass is 9.81. The summed E-state index contributed by atoms with van der Waals surface area (Å²) in [4.78, 5) is 39.4. The lowest BCUT2D eigenvalue weighted by Gasteiger charge is -2.35. The highest BCUT2D eigenvalue weighted by Gasteiger charge is 2.49. The zero-order valence-corrected chi connectivity index (χ0v) is 23.5. The monoisotopic (exact) mass is 606 g/mol. The molecule has 0 bridgehead atoms. The van der Waals surface area contributed by atoms with E-state index >= 15 is 0 Å². The van der Waals surface area contributed by atoms with Crippen LogP contribution in [0.4, 0.5) is 18.9 Å². The number of amides is 2. The lowest BCUT2D eigenvalue weighted by Crippen LogP contribution is -2.50. The van der Waals surface area contributed by atoms with Crippen LogP contribution in [0.15, 0.2) is 29.3 Å². The van der Waals surface area contributed by atoms with Gasteiger partial charge in [0.15, 0.2) is 0 Å². The maximum absolute atomic E-state index is 15.0. The van der Waals surface area contributed by atoms with E-state index in [9.17, 15) is 27.6 Å². The molecule has 3 N–H and O–H groups in total. The highest BCUT2D eigenvalue weighted by molar-refractivity contribution is 6.29. The number of alkyl halides is 2. The summed E-state index contributed by atoms with van der Waals surface area (Å²) < 4.78 is 44.3. The molecule has 11 nitrogen and oxygen atoms in total. The first-order chi connectivity index (χ1) is 20.0. The van der Waals surface area contributed by atoms with Crippen LogP contribution in [0, 0.1) is 29.6 Å². The van der Waals surface area contributed by atoms with Crippen LogP contribution in [-0.2, 0) is 11.3 Å². The lowest BCUT2D eigenvalue weighted by molar-refractivity contribution is -0.119. The molecule has 2 amide bonds. The van der Waals surface area contributed by atoms with Crippen molar-refractivity contribution >= 4 is 29.1 Å². The molecule has 0 radical (unpaired) electrons. The molecule has 3 heterocycles. The highest BCUT2D eigenvalue weighted by Crippen LogP contribution is 2.51. The number of H-pyrrole nitrogens is 1. The van der Waals surface area contributed by atoms with E-state index in [2.05, 4.69) is 31.0 Å². The Balaban J connectivity index is 1.21. The van der Waals surface area contributed by atoms with Gasteiger partial charge in [0.2, 0.25) is 11.8 Å². The molecule has 0 spiro atoms. The smallest absolute Gasteiger partial charge is 0.270 e. The number of nitrogens with zero attached hydrogens (tertiary/aromatic N) is 5. The van der Waals surface area contributed by atoms with Crippen LogP contribution in [0.2, 0.25) is 5.15 Å². The predicted octanol–water partition coefficient (Wildman–Crippen LogP) is 3.78. The summed E-state index contributed by atoms with van der Waals surface area (Å²) >= 11 is 5.90. The molecule has 0 aromatic carbocycles. The van der Waals surface area contributed by atoms with E-state index in [0.717, 1.165) is 25.7 Å². The Bertz CT molecular complexity index is 1540. The number of aromatic amines is 1. The molecule has 42 heavy (non-hydrogen) atoms. The molecule has 6 rings (SSSR count). The predicted molar refractivity (Wildman–Crippen MR) is 145 cm³/mol. The molecule has 3 fully saturated rings. The largest absolute Gasteiger partial charge is 0.339 e. The van der Waals surface area contributed by atoms with Crippen molar-refractivity contribution in [1.82, 2.24) is 35.1 Å². The fourth-order valence-electron chi connectivity index (χ4n) is 5.98. The molecule has 15 heteroatoms. The third-order valence-electron chi connectivity index (χ3n) is 8.43. The molecule has 0 saturated heterocycles. The number of carbonyl (C=O) groups excluding carboxylic acids is 2. The van der Waals surface area contributed by atoms with Crippen molar-refractivity contribution in [3.8, 4) is 0 Å². The Hall–Kier alpha value is -3.68. The number of rotatable bonds is 11. The summed E-state index contributed by atoms with van der Waals surface area (Å²) in [7, 11) is 0. The zero-order chi connectivity index (χ0) is 29.8. The maximum atomic E-state index is 15.0. The minimum atomic E-state index is -2.69. The topological polar surface area (TPSA) is 140 Å². The summed E-state index contributed by atoms with van der Waals surface area (Å²) in [5.74, 6) is -4.70. The van der Waals surface area contributed by atoms with E-state index in [4.69, 9.17) is 11.6 Å². The average Bonchev–Trinajstić information content (AvgIpc) is 3.85. The molecule has 3 saturated carbocycles. The number of halogens is 4. The number of carbonyl (C=O) groups is 2. The quantitative estimate of drug-likeness (QED) is 0.304. The first kappa shape index (κ1) is 28.4. The van der Waals surface area contributed by atoms with Crippen molar-refractivity contribution in [2.24, 2.45) is 23.7 Å². The van der Waals surface area contributed by atoms with Gasteiger partial charge in [0.05, 0.1) is 12.2 Å². The van der Waals surface area contributed by atoms with Gasteiger partial charge in [-0.25, -0.2) is 13.9 Å². The van der Waals surface area contributed by atoms with Crippen molar-refractivity contribution < 1.29 is 22.8 Å². The summed E-state index contributed by atoms with van der Waals surface area (Å²) in [5, 5.41) is 19.4. The van der Waals surface area contributed by atoms with Crippen LogP contribution in [0.5, 0.6) is 0 Å². The summed E-state index contributed by atoms with van der Waals surface area (Å²) in [6.07, 6.45) is 5.91. The summed E-state index contributed by atoms with van der Waals surface area (Å²) in [6, 6.07) is 1.15. The van der Waals surface area contributed by atoms with Crippen LogP contribution >= 0.6 is 11.6 Å². The SMILES string of the molecule is CC(c1cc(Cl)n[nH]c1=O)n1cc(NC(=O)C(NC(=O)c2ccnn2CC2CC(F)(F)C2)C(C2CC2)C2CC2)c(F)n1. The van der Waals surface area contributed by atoms with Gasteiger partial charge in [0, 0.05) is 31.1 Å². The first-order valence-electron chi connectivity index (χ1n) is 14.0. The van der Waals surface area contributed by atoms with E-state index in [0.29, 0.717) is 0 Å². The average molecular weight is 607 g/mol. The molecule has 3 aromatic heterocycles. The van der Waals surface area contributed by atoms with Gasteiger partial charge in [-0.05, 0) is 68.4 Å². The van der Waals surface area contributed by atoms with E-state index in [1.807, 2.05) is 0 Å². The van der Waals surface area contributed by atoms with Gasteiger partial charge in [-0.2, -0.15) is 14.6 Å². The van der Waals surface area contributed by atoms with Crippen LogP contribution in [0.3, 0.4) is 0 Å². The Morgan fingerprint density at radius 3 is 2.55 bits per heavy atom. The second-order valence-corrected chi connectivity index (χ2v) is 12.1. The van der Waals surface area contributed by atoms with Crippen molar-refractivity contribution in [3.05, 3.63) is 57.2 Å². The molecule has 0 aliphatic heterocycles. The molecule has 2 unspecified atom stereocenters. The molecule has 2 atom stereocenters. The molecular formula is C27H30ClF3N8O3. The maximum Gasteiger partial charge on any atom is 0.270 e. The molecule has 3 aliphatic carbocycles. The van der Waals surface area contributed by atoms with Gasteiger partial charge in [0.25, 0.3) is 17.4 Å². The number of hydrogen-bond donors (Lipinski definition) is 3. The Kier molecular flexibility index (Phi) is 7.36. The van der Waals surface area contributed by atoms with Crippen LogP contribution in [0.25, 0.3) is 0 Å². The van der Waals surface area contributed by atoms with Crippen LogP contribution in [-0.4, -0.2) is 53.5 Å². The molecule has 224 valence electrons. The van der Waals surface area contributed by atoms with E-state index in [-0.39, 0.29) is 65.2 Å². The van der Waals surface area contributed by atoms with Gasteiger partial charge < -0.3 is 10.6 Å². The van der Waals surface area contributed by atoms with Gasteiger partial charge >= 0.3 is 0 Å². The van der Waals surface area contributed by atoms with Crippen molar-refractivity contribution in [3.63, 3.8) is 0 Å². The zero-order valence-electron chi connectivity index (χ0n) is 22.7. The van der Waals surface area contributed by atoms with Crippen molar-refractivity contribution in [2.45, 2.75) is 70.0 Å². The third kappa shape index (κ3) is 5.94. The summed E-state index contributed by atoms with van der Waals surface area (Å²) in [5.41, 5.74) is -0.352. The highest BCUT2D eigenvalue weighted by atomic mass is 35.5. The fourth-order valence-corrected chi connectivity index (χ4v) is 6.14. The summed E-state index contributed by atoms with van der Waals surface area (Å²) in [6.45, 7) is 1.79. The van der Waals surface area contributed by atoms with Crippen molar-refractivity contribution in [1.29, 1.82) is 0 Å². The normalized spacial score (nSPS) is 19.8. The number of nitrogens with one attached hydrogen (secondary N) is 3. The second kappa shape index (κ2) is 10.9. The van der Waals surface area contributed by atoms with Crippen LogP contribution in [0.1, 0.15) is 67.5 Å².